The third kappa shape index (κ3) is 3.76. The molecule has 1 nitrogen and oxygen atoms in total. The molecule has 0 rings (SSSR count). The van der Waals surface area contributed by atoms with Crippen LogP contribution in [0.2, 0.25) is 0 Å². The molecule has 0 radical (unpaired) electrons. The lowest BCUT2D eigenvalue weighted by molar-refractivity contribution is 0.0932. The molecule has 0 aromatic carbocycles. The van der Waals surface area contributed by atoms with E-state index in [0.717, 1.165) is 5.92 Å². The van der Waals surface area contributed by atoms with Crippen molar-refractivity contribution in [1.29, 1.82) is 0 Å². The molecule has 1 unspecified atom stereocenters. The van der Waals surface area contributed by atoms with Gasteiger partial charge >= 0.3 is 0 Å². The number of hydrogen-bond acceptors (Lipinski definition) is 1. The first kappa shape index (κ1) is 11.0. The number of hydrogen-bond donors (Lipinski definition) is 1. The van der Waals surface area contributed by atoms with Gasteiger partial charge in [-0.15, -0.1) is 0 Å². The van der Waals surface area contributed by atoms with Gasteiger partial charge < -0.3 is 5.11 Å². The van der Waals surface area contributed by atoms with Crippen LogP contribution in [0, 0.1) is 17.3 Å². The van der Waals surface area contributed by atoms with Gasteiger partial charge in [-0.25, -0.2) is 0 Å². The van der Waals surface area contributed by atoms with Gasteiger partial charge in [-0.1, -0.05) is 34.6 Å². The molecule has 1 atom stereocenters. The van der Waals surface area contributed by atoms with Crippen LogP contribution in [0.4, 0.5) is 0 Å². The fourth-order valence-corrected chi connectivity index (χ4v) is 1.18. The van der Waals surface area contributed by atoms with E-state index in [4.69, 9.17) is 5.11 Å². The van der Waals surface area contributed by atoms with Crippen LogP contribution in [0.1, 0.15) is 41.0 Å². The SMILES string of the molecule is CC(C)CC(C)C(C)(C)CO. The zero-order valence-electron chi connectivity index (χ0n) is 8.52. The minimum atomic E-state index is 0.0876. The van der Waals surface area contributed by atoms with E-state index in [1.807, 2.05) is 0 Å². The van der Waals surface area contributed by atoms with Gasteiger partial charge in [-0.05, 0) is 23.7 Å². The molecule has 68 valence electrons. The summed E-state index contributed by atoms with van der Waals surface area (Å²) in [5, 5.41) is 9.08. The van der Waals surface area contributed by atoms with E-state index in [1.165, 1.54) is 6.42 Å². The molecule has 0 heterocycles. The maximum Gasteiger partial charge on any atom is 0.0484 e. The Kier molecular flexibility index (Phi) is 4.09. The zero-order valence-corrected chi connectivity index (χ0v) is 8.52. The highest BCUT2D eigenvalue weighted by Crippen LogP contribution is 2.30. The van der Waals surface area contributed by atoms with Crippen LogP contribution in [-0.2, 0) is 0 Å². The maximum absolute atomic E-state index is 9.08. The Hall–Kier alpha value is -0.0400. The summed E-state index contributed by atoms with van der Waals surface area (Å²) in [4.78, 5) is 0. The number of aliphatic hydroxyl groups excluding tert-OH is 1. The van der Waals surface area contributed by atoms with Crippen LogP contribution in [0.5, 0.6) is 0 Å². The first-order valence-corrected chi connectivity index (χ1v) is 4.51. The average Bonchev–Trinajstić information content (AvgIpc) is 1.86. The van der Waals surface area contributed by atoms with Crippen molar-refractivity contribution in [2.45, 2.75) is 41.0 Å². The van der Waals surface area contributed by atoms with Gasteiger partial charge in [0.05, 0.1) is 0 Å². The van der Waals surface area contributed by atoms with E-state index in [0.29, 0.717) is 12.5 Å². The van der Waals surface area contributed by atoms with Gasteiger partial charge in [0.15, 0.2) is 0 Å². The van der Waals surface area contributed by atoms with E-state index >= 15 is 0 Å². The van der Waals surface area contributed by atoms with Crippen LogP contribution in [0.3, 0.4) is 0 Å². The summed E-state index contributed by atoms with van der Waals surface area (Å²) in [5.41, 5.74) is 0.0876. The van der Waals surface area contributed by atoms with E-state index in [2.05, 4.69) is 34.6 Å². The smallest absolute Gasteiger partial charge is 0.0484 e. The molecule has 0 amide bonds. The van der Waals surface area contributed by atoms with Crippen LogP contribution < -0.4 is 0 Å². The molecule has 0 aliphatic heterocycles. The lowest BCUT2D eigenvalue weighted by Gasteiger charge is -2.30. The molecular formula is C10H22O. The van der Waals surface area contributed by atoms with Crippen molar-refractivity contribution in [1.82, 2.24) is 0 Å². The van der Waals surface area contributed by atoms with Gasteiger partial charge in [-0.3, -0.25) is 0 Å². The third-order valence-electron chi connectivity index (χ3n) is 2.57. The summed E-state index contributed by atoms with van der Waals surface area (Å²) in [7, 11) is 0. The fourth-order valence-electron chi connectivity index (χ4n) is 1.18. The molecule has 0 aromatic rings. The van der Waals surface area contributed by atoms with Crippen molar-refractivity contribution >= 4 is 0 Å². The van der Waals surface area contributed by atoms with Gasteiger partial charge in [0, 0.05) is 6.61 Å². The quantitative estimate of drug-likeness (QED) is 0.667. The maximum atomic E-state index is 9.08. The number of aliphatic hydroxyl groups is 1. The molecule has 0 bridgehead atoms. The average molecular weight is 158 g/mol. The second-order valence-corrected chi connectivity index (χ2v) is 4.68. The summed E-state index contributed by atoms with van der Waals surface area (Å²) >= 11 is 0. The van der Waals surface area contributed by atoms with Crippen LogP contribution in [-0.4, -0.2) is 11.7 Å². The topological polar surface area (TPSA) is 20.2 Å². The second-order valence-electron chi connectivity index (χ2n) is 4.68. The van der Waals surface area contributed by atoms with Gasteiger partial charge in [0.25, 0.3) is 0 Å². The van der Waals surface area contributed by atoms with Crippen molar-refractivity contribution < 1.29 is 5.11 Å². The van der Waals surface area contributed by atoms with Crippen molar-refractivity contribution in [3.8, 4) is 0 Å². The summed E-state index contributed by atoms with van der Waals surface area (Å²) in [6, 6.07) is 0. The van der Waals surface area contributed by atoms with Crippen LogP contribution >= 0.6 is 0 Å². The Morgan fingerprint density at radius 3 is 1.91 bits per heavy atom. The molecule has 0 aromatic heterocycles. The van der Waals surface area contributed by atoms with E-state index < -0.39 is 0 Å². The Labute approximate surface area is 70.8 Å². The highest BCUT2D eigenvalue weighted by Gasteiger charge is 2.24. The Bertz CT molecular complexity index is 105. The Balaban J connectivity index is 3.90. The largest absolute Gasteiger partial charge is 0.396 e. The van der Waals surface area contributed by atoms with Crippen LogP contribution in [0.25, 0.3) is 0 Å². The first-order chi connectivity index (χ1) is 4.90. The highest BCUT2D eigenvalue weighted by atomic mass is 16.3. The minimum Gasteiger partial charge on any atom is -0.396 e. The normalized spacial score (nSPS) is 15.5. The van der Waals surface area contributed by atoms with E-state index in [9.17, 15) is 0 Å². The molecule has 11 heavy (non-hydrogen) atoms. The lowest BCUT2D eigenvalue weighted by atomic mass is 9.77. The molecule has 0 aliphatic carbocycles. The highest BCUT2D eigenvalue weighted by molar-refractivity contribution is 4.74. The molecule has 1 heteroatoms. The van der Waals surface area contributed by atoms with Crippen LogP contribution in [0.15, 0.2) is 0 Å². The van der Waals surface area contributed by atoms with Crippen molar-refractivity contribution in [2.75, 3.05) is 6.61 Å². The summed E-state index contributed by atoms with van der Waals surface area (Å²) in [6.45, 7) is 11.2. The predicted molar refractivity (Wildman–Crippen MR) is 49.5 cm³/mol. The molecule has 0 saturated heterocycles. The van der Waals surface area contributed by atoms with Crippen molar-refractivity contribution in [2.24, 2.45) is 17.3 Å². The third-order valence-corrected chi connectivity index (χ3v) is 2.57. The van der Waals surface area contributed by atoms with Gasteiger partial charge in [0.1, 0.15) is 0 Å². The summed E-state index contributed by atoms with van der Waals surface area (Å²) in [6.07, 6.45) is 1.20. The van der Waals surface area contributed by atoms with E-state index in [1.54, 1.807) is 0 Å². The Morgan fingerprint density at radius 2 is 1.64 bits per heavy atom. The monoisotopic (exact) mass is 158 g/mol. The Morgan fingerprint density at radius 1 is 1.18 bits per heavy atom. The summed E-state index contributed by atoms with van der Waals surface area (Å²) < 4.78 is 0. The minimum absolute atomic E-state index is 0.0876. The van der Waals surface area contributed by atoms with Gasteiger partial charge in [0.2, 0.25) is 0 Å². The molecule has 0 saturated carbocycles. The van der Waals surface area contributed by atoms with Crippen molar-refractivity contribution in [3.63, 3.8) is 0 Å². The molecule has 0 aliphatic rings. The first-order valence-electron chi connectivity index (χ1n) is 4.51. The molecule has 0 spiro atoms. The van der Waals surface area contributed by atoms with Gasteiger partial charge in [-0.2, -0.15) is 0 Å². The predicted octanol–water partition coefficient (Wildman–Crippen LogP) is 2.69. The fraction of sp³-hybridized carbons (Fsp3) is 1.00. The number of rotatable bonds is 4. The second kappa shape index (κ2) is 4.10. The zero-order chi connectivity index (χ0) is 9.07. The van der Waals surface area contributed by atoms with E-state index in [-0.39, 0.29) is 5.41 Å². The lowest BCUT2D eigenvalue weighted by Crippen LogP contribution is -2.26. The molecule has 0 fully saturated rings. The van der Waals surface area contributed by atoms with Crippen molar-refractivity contribution in [3.05, 3.63) is 0 Å². The summed E-state index contributed by atoms with van der Waals surface area (Å²) in [5.74, 6) is 1.34. The standard InChI is InChI=1S/C10H22O/c1-8(2)6-9(3)10(4,5)7-11/h8-9,11H,6-7H2,1-5H3. The molecular weight excluding hydrogens is 136 g/mol. The molecule has 1 N–H and O–H groups in total.